The number of nitrogens with zero attached hydrogens (tertiary/aromatic N) is 2. The minimum Gasteiger partial charge on any atom is -0.448 e. The van der Waals surface area contributed by atoms with E-state index in [2.05, 4.69) is 48.2 Å². The third-order valence-electron chi connectivity index (χ3n) is 6.26. The van der Waals surface area contributed by atoms with Crippen molar-refractivity contribution in [1.82, 2.24) is 9.80 Å². The Morgan fingerprint density at radius 3 is 2.17 bits per heavy atom. The van der Waals surface area contributed by atoms with Gasteiger partial charge in [0.05, 0.1) is 6.61 Å². The van der Waals surface area contributed by atoms with Gasteiger partial charge in [-0.05, 0) is 28.7 Å². The molecule has 5 nitrogen and oxygen atoms in total. The van der Waals surface area contributed by atoms with Crippen molar-refractivity contribution in [3.63, 3.8) is 0 Å². The average Bonchev–Trinajstić information content (AvgIpc) is 3.10. The summed E-state index contributed by atoms with van der Waals surface area (Å²) in [5.41, 5.74) is 4.95. The number of carbonyl (C=O) groups is 1. The number of benzene rings is 2. The third kappa shape index (κ3) is 4.02. The quantitative estimate of drug-likeness (QED) is 0.811. The van der Waals surface area contributed by atoms with E-state index < -0.39 is 0 Å². The molecular formula is C24H30N2O3. The zero-order valence-corrected chi connectivity index (χ0v) is 17.1. The van der Waals surface area contributed by atoms with Gasteiger partial charge in [-0.1, -0.05) is 61.9 Å². The Hall–Kier alpha value is -2.37. The third-order valence-corrected chi connectivity index (χ3v) is 6.26. The van der Waals surface area contributed by atoms with Crippen LogP contribution < -0.4 is 0 Å². The van der Waals surface area contributed by atoms with Gasteiger partial charge in [0.2, 0.25) is 0 Å². The molecule has 2 aliphatic rings. The Bertz CT molecular complexity index is 800. The highest BCUT2D eigenvalue weighted by Crippen LogP contribution is 2.44. The number of amides is 1. The van der Waals surface area contributed by atoms with Gasteiger partial charge in [0.1, 0.15) is 6.61 Å². The summed E-state index contributed by atoms with van der Waals surface area (Å²) in [4.78, 5) is 16.8. The molecule has 1 amide bonds. The molecule has 4 rings (SSSR count). The van der Waals surface area contributed by atoms with Crippen LogP contribution in [0.1, 0.15) is 36.8 Å². The monoisotopic (exact) mass is 394 g/mol. The highest BCUT2D eigenvalue weighted by Gasteiger charge is 2.31. The van der Waals surface area contributed by atoms with Crippen LogP contribution in [0.15, 0.2) is 48.5 Å². The van der Waals surface area contributed by atoms with Crippen LogP contribution in [-0.2, 0) is 4.74 Å². The van der Waals surface area contributed by atoms with Gasteiger partial charge in [-0.2, -0.15) is 0 Å². The van der Waals surface area contributed by atoms with Gasteiger partial charge in [0.15, 0.2) is 0 Å². The van der Waals surface area contributed by atoms with Gasteiger partial charge in [-0.15, -0.1) is 0 Å². The number of aliphatic hydroxyl groups excluding tert-OH is 1. The summed E-state index contributed by atoms with van der Waals surface area (Å²) in [7, 11) is 0. The van der Waals surface area contributed by atoms with Crippen molar-refractivity contribution in [3.05, 3.63) is 59.7 Å². The van der Waals surface area contributed by atoms with Crippen molar-refractivity contribution in [2.45, 2.75) is 31.7 Å². The Labute approximate surface area is 172 Å². The van der Waals surface area contributed by atoms with Crippen LogP contribution in [-0.4, -0.2) is 66.4 Å². The first-order valence-electron chi connectivity index (χ1n) is 10.7. The molecule has 1 aliphatic heterocycles. The van der Waals surface area contributed by atoms with Crippen LogP contribution in [0.5, 0.6) is 0 Å². The van der Waals surface area contributed by atoms with Gasteiger partial charge in [-0.25, -0.2) is 4.79 Å². The molecule has 0 saturated carbocycles. The topological polar surface area (TPSA) is 53.0 Å². The first-order valence-corrected chi connectivity index (χ1v) is 10.7. The number of aliphatic hydroxyl groups is 1. The minimum absolute atomic E-state index is 0.0935. The second kappa shape index (κ2) is 8.97. The van der Waals surface area contributed by atoms with Crippen molar-refractivity contribution in [3.8, 4) is 11.1 Å². The van der Waals surface area contributed by atoms with Gasteiger partial charge in [0.25, 0.3) is 0 Å². The molecule has 2 aromatic rings. The number of piperazine rings is 1. The summed E-state index contributed by atoms with van der Waals surface area (Å²) in [5, 5.41) is 9.60. The maximum Gasteiger partial charge on any atom is 0.409 e. The Morgan fingerprint density at radius 2 is 1.62 bits per heavy atom. The number of hydrogen-bond acceptors (Lipinski definition) is 4. The number of fused-ring (bicyclic) bond motifs is 3. The molecule has 1 saturated heterocycles. The normalized spacial score (nSPS) is 17.7. The van der Waals surface area contributed by atoms with Crippen molar-refractivity contribution in [2.24, 2.45) is 0 Å². The molecule has 1 heterocycles. The highest BCUT2D eigenvalue weighted by molar-refractivity contribution is 5.79. The standard InChI is InChI=1S/C24H30N2O3/c1-2-7-18(16-27)25-12-14-26(15-13-25)24(28)29-17-23-21-10-5-3-8-19(21)20-9-4-6-11-22(20)23/h3-6,8-11,18,23,27H,2,7,12-17H2,1H3. The van der Waals surface area contributed by atoms with Crippen molar-refractivity contribution < 1.29 is 14.6 Å². The highest BCUT2D eigenvalue weighted by atomic mass is 16.6. The molecule has 1 unspecified atom stereocenters. The lowest BCUT2D eigenvalue weighted by molar-refractivity contribution is 0.0461. The average molecular weight is 395 g/mol. The number of ether oxygens (including phenoxy) is 1. The smallest absolute Gasteiger partial charge is 0.409 e. The number of hydrogen-bond donors (Lipinski definition) is 1. The summed E-state index contributed by atoms with van der Waals surface area (Å²) in [6.45, 7) is 5.55. The molecule has 1 atom stereocenters. The van der Waals surface area contributed by atoms with E-state index in [0.29, 0.717) is 19.7 Å². The van der Waals surface area contributed by atoms with Gasteiger partial charge in [0, 0.05) is 38.1 Å². The first-order chi connectivity index (χ1) is 14.2. The van der Waals surface area contributed by atoms with E-state index in [-0.39, 0.29) is 24.7 Å². The number of rotatable bonds is 6. The molecule has 5 heteroatoms. The van der Waals surface area contributed by atoms with E-state index in [4.69, 9.17) is 4.74 Å². The minimum atomic E-state index is -0.234. The summed E-state index contributed by atoms with van der Waals surface area (Å²) in [6, 6.07) is 17.0. The lowest BCUT2D eigenvalue weighted by atomic mass is 9.98. The van der Waals surface area contributed by atoms with E-state index in [1.807, 2.05) is 12.1 Å². The van der Waals surface area contributed by atoms with Gasteiger partial charge < -0.3 is 14.7 Å². The summed E-state index contributed by atoms with van der Waals surface area (Å²) >= 11 is 0. The molecule has 2 aromatic carbocycles. The Kier molecular flexibility index (Phi) is 6.16. The molecule has 1 N–H and O–H groups in total. The predicted octanol–water partition coefficient (Wildman–Crippen LogP) is 3.71. The molecule has 154 valence electrons. The Morgan fingerprint density at radius 1 is 1.03 bits per heavy atom. The van der Waals surface area contributed by atoms with E-state index in [0.717, 1.165) is 25.9 Å². The van der Waals surface area contributed by atoms with Crippen LogP contribution in [0.3, 0.4) is 0 Å². The second-order valence-corrected chi connectivity index (χ2v) is 7.95. The van der Waals surface area contributed by atoms with Gasteiger partial charge in [-0.3, -0.25) is 4.90 Å². The number of carbonyl (C=O) groups excluding carboxylic acids is 1. The Balaban J connectivity index is 1.36. The SMILES string of the molecule is CCCC(CO)N1CCN(C(=O)OCC2c3ccccc3-c3ccccc32)CC1. The lowest BCUT2D eigenvalue weighted by Gasteiger charge is -2.38. The predicted molar refractivity (Wildman–Crippen MR) is 114 cm³/mol. The van der Waals surface area contributed by atoms with Crippen molar-refractivity contribution in [1.29, 1.82) is 0 Å². The van der Waals surface area contributed by atoms with Crippen LogP contribution >= 0.6 is 0 Å². The largest absolute Gasteiger partial charge is 0.448 e. The molecular weight excluding hydrogens is 364 g/mol. The van der Waals surface area contributed by atoms with Crippen LogP contribution in [0.4, 0.5) is 4.79 Å². The van der Waals surface area contributed by atoms with Crippen LogP contribution in [0, 0.1) is 0 Å². The zero-order chi connectivity index (χ0) is 20.2. The van der Waals surface area contributed by atoms with Crippen molar-refractivity contribution >= 4 is 6.09 Å². The maximum atomic E-state index is 12.7. The fourth-order valence-electron chi connectivity index (χ4n) is 4.68. The maximum absolute atomic E-state index is 12.7. The fraction of sp³-hybridized carbons (Fsp3) is 0.458. The summed E-state index contributed by atoms with van der Waals surface area (Å²) < 4.78 is 5.77. The molecule has 29 heavy (non-hydrogen) atoms. The molecule has 0 radical (unpaired) electrons. The molecule has 1 fully saturated rings. The zero-order valence-electron chi connectivity index (χ0n) is 17.1. The van der Waals surface area contributed by atoms with E-state index >= 15 is 0 Å². The van der Waals surface area contributed by atoms with E-state index in [1.54, 1.807) is 4.90 Å². The summed E-state index contributed by atoms with van der Waals surface area (Å²) in [6.07, 6.45) is 1.81. The fourth-order valence-corrected chi connectivity index (χ4v) is 4.68. The molecule has 0 spiro atoms. The first kappa shape index (κ1) is 19.9. The van der Waals surface area contributed by atoms with Crippen LogP contribution in [0.25, 0.3) is 11.1 Å². The van der Waals surface area contributed by atoms with E-state index in [9.17, 15) is 9.90 Å². The van der Waals surface area contributed by atoms with Gasteiger partial charge >= 0.3 is 6.09 Å². The molecule has 0 aromatic heterocycles. The molecule has 0 bridgehead atoms. The second-order valence-electron chi connectivity index (χ2n) is 7.95. The van der Waals surface area contributed by atoms with E-state index in [1.165, 1.54) is 22.3 Å². The van der Waals surface area contributed by atoms with Crippen molar-refractivity contribution in [2.75, 3.05) is 39.4 Å². The van der Waals surface area contributed by atoms with Crippen LogP contribution in [0.2, 0.25) is 0 Å². The summed E-state index contributed by atoms with van der Waals surface area (Å²) in [5.74, 6) is 0.0935. The molecule has 1 aliphatic carbocycles. The lowest BCUT2D eigenvalue weighted by Crippen LogP contribution is -2.53.